The van der Waals surface area contributed by atoms with Crippen molar-refractivity contribution in [1.29, 1.82) is 0 Å². The van der Waals surface area contributed by atoms with Crippen LogP contribution in [0.4, 0.5) is 0 Å². The molecule has 110 valence electrons. The van der Waals surface area contributed by atoms with Crippen molar-refractivity contribution >= 4 is 5.97 Å². The van der Waals surface area contributed by atoms with Gasteiger partial charge in [-0.3, -0.25) is 4.98 Å². The predicted molar refractivity (Wildman–Crippen MR) is 79.4 cm³/mol. The fraction of sp³-hybridized carbons (Fsp3) is 0.125. The first-order chi connectivity index (χ1) is 10.7. The molecule has 0 radical (unpaired) electrons. The highest BCUT2D eigenvalue weighted by atomic mass is 16.5. The first-order valence-corrected chi connectivity index (χ1v) is 6.83. The summed E-state index contributed by atoms with van der Waals surface area (Å²) >= 11 is 0. The molecule has 0 aliphatic heterocycles. The molecule has 0 fully saturated rings. The lowest BCUT2D eigenvalue weighted by Gasteiger charge is -2.09. The van der Waals surface area contributed by atoms with Crippen LogP contribution in [-0.2, 0) is 4.74 Å². The largest absolute Gasteiger partial charge is 0.452 e. The number of aromatic nitrogens is 4. The number of esters is 1. The minimum atomic E-state index is -0.495. The Bertz CT molecular complexity index is 756. The molecule has 0 amide bonds. The number of carbonyl (C=O) groups is 1. The Balaban J connectivity index is 1.72. The number of nitrogens with zero attached hydrogens (tertiary/aromatic N) is 4. The van der Waals surface area contributed by atoms with Crippen LogP contribution in [0.3, 0.4) is 0 Å². The zero-order valence-electron chi connectivity index (χ0n) is 12.0. The Kier molecular flexibility index (Phi) is 3.91. The number of carbonyl (C=O) groups excluding carboxylic acids is 1. The second-order valence-corrected chi connectivity index (χ2v) is 4.71. The van der Waals surface area contributed by atoms with Crippen LogP contribution in [0.5, 0.6) is 0 Å². The van der Waals surface area contributed by atoms with Crippen LogP contribution in [0, 0.1) is 0 Å². The molecule has 2 aromatic heterocycles. The molecular formula is C16H14N4O2. The van der Waals surface area contributed by atoms with Crippen LogP contribution in [0.1, 0.15) is 29.1 Å². The molecule has 0 bridgehead atoms. The smallest absolute Gasteiger partial charge is 0.340 e. The van der Waals surface area contributed by atoms with Gasteiger partial charge in [0.1, 0.15) is 11.8 Å². The molecular weight excluding hydrogens is 280 g/mol. The molecule has 3 rings (SSSR count). The molecule has 22 heavy (non-hydrogen) atoms. The first kappa shape index (κ1) is 13.9. The fourth-order valence-electron chi connectivity index (χ4n) is 1.94. The van der Waals surface area contributed by atoms with Crippen molar-refractivity contribution in [3.8, 4) is 5.69 Å². The maximum absolute atomic E-state index is 12.0. The van der Waals surface area contributed by atoms with Crippen molar-refractivity contribution in [2.45, 2.75) is 13.0 Å². The summed E-state index contributed by atoms with van der Waals surface area (Å²) in [5.74, 6) is -0.435. The second kappa shape index (κ2) is 6.17. The van der Waals surface area contributed by atoms with E-state index in [0.717, 1.165) is 5.69 Å². The van der Waals surface area contributed by atoms with E-state index in [4.69, 9.17) is 4.74 Å². The minimum Gasteiger partial charge on any atom is -0.452 e. The van der Waals surface area contributed by atoms with E-state index >= 15 is 0 Å². The molecule has 6 heteroatoms. The van der Waals surface area contributed by atoms with Gasteiger partial charge >= 0.3 is 5.97 Å². The van der Waals surface area contributed by atoms with Gasteiger partial charge in [-0.25, -0.2) is 9.48 Å². The molecule has 0 saturated heterocycles. The zero-order valence-corrected chi connectivity index (χ0v) is 12.0. The predicted octanol–water partition coefficient (Wildman–Crippen LogP) is 2.58. The summed E-state index contributed by atoms with van der Waals surface area (Å²) < 4.78 is 7.02. The normalized spacial score (nSPS) is 11.9. The standard InChI is InChI=1S/C16H14N4O2/c1-12(22-16(21)13-6-5-9-17-10-13)15-11-20(19-18-15)14-7-3-2-4-8-14/h2-12H,1H3/t12-/m0/s1. The Morgan fingerprint density at radius 1 is 1.18 bits per heavy atom. The van der Waals surface area contributed by atoms with E-state index in [1.165, 1.54) is 6.20 Å². The number of rotatable bonds is 4. The van der Waals surface area contributed by atoms with Crippen molar-refractivity contribution in [2.24, 2.45) is 0 Å². The summed E-state index contributed by atoms with van der Waals surface area (Å²) in [7, 11) is 0. The number of para-hydroxylation sites is 1. The lowest BCUT2D eigenvalue weighted by atomic mass is 10.2. The highest BCUT2D eigenvalue weighted by molar-refractivity contribution is 5.89. The lowest BCUT2D eigenvalue weighted by molar-refractivity contribution is 0.0328. The van der Waals surface area contributed by atoms with Crippen LogP contribution < -0.4 is 0 Å². The Morgan fingerprint density at radius 3 is 2.73 bits per heavy atom. The van der Waals surface area contributed by atoms with Gasteiger partial charge in [-0.05, 0) is 31.2 Å². The number of pyridine rings is 1. The quantitative estimate of drug-likeness (QED) is 0.692. The van der Waals surface area contributed by atoms with Gasteiger partial charge < -0.3 is 4.74 Å². The van der Waals surface area contributed by atoms with Gasteiger partial charge in [-0.1, -0.05) is 23.4 Å². The SMILES string of the molecule is C[C@H](OC(=O)c1cccnc1)c1cn(-c2ccccc2)nn1. The summed E-state index contributed by atoms with van der Waals surface area (Å²) in [4.78, 5) is 15.9. The second-order valence-electron chi connectivity index (χ2n) is 4.71. The van der Waals surface area contributed by atoms with Crippen molar-refractivity contribution in [3.63, 3.8) is 0 Å². The van der Waals surface area contributed by atoms with Gasteiger partial charge in [-0.2, -0.15) is 0 Å². The maximum atomic E-state index is 12.0. The van der Waals surface area contributed by atoms with Crippen molar-refractivity contribution in [2.75, 3.05) is 0 Å². The van der Waals surface area contributed by atoms with Gasteiger partial charge in [0.05, 0.1) is 17.4 Å². The fourth-order valence-corrected chi connectivity index (χ4v) is 1.94. The number of hydrogen-bond donors (Lipinski definition) is 0. The van der Waals surface area contributed by atoms with E-state index in [0.29, 0.717) is 11.3 Å². The van der Waals surface area contributed by atoms with Crippen LogP contribution in [0.25, 0.3) is 5.69 Å². The molecule has 3 aromatic rings. The van der Waals surface area contributed by atoms with Gasteiger partial charge in [0.25, 0.3) is 0 Å². The summed E-state index contributed by atoms with van der Waals surface area (Å²) in [6, 6.07) is 13.0. The Morgan fingerprint density at radius 2 is 2.00 bits per heavy atom. The molecule has 1 aromatic carbocycles. The van der Waals surface area contributed by atoms with Crippen LogP contribution in [0.15, 0.2) is 61.1 Å². The first-order valence-electron chi connectivity index (χ1n) is 6.83. The highest BCUT2D eigenvalue weighted by Crippen LogP contribution is 2.17. The van der Waals surface area contributed by atoms with E-state index in [1.54, 1.807) is 36.1 Å². The topological polar surface area (TPSA) is 69.9 Å². The summed E-state index contributed by atoms with van der Waals surface area (Å²) in [6.07, 6.45) is 4.32. The molecule has 0 aliphatic carbocycles. The summed E-state index contributed by atoms with van der Waals surface area (Å²) in [5.41, 5.74) is 1.89. The molecule has 6 nitrogen and oxygen atoms in total. The Hall–Kier alpha value is -3.02. The molecule has 0 aliphatic rings. The van der Waals surface area contributed by atoms with E-state index in [9.17, 15) is 4.79 Å². The van der Waals surface area contributed by atoms with Gasteiger partial charge in [0, 0.05) is 12.4 Å². The number of hydrogen-bond acceptors (Lipinski definition) is 5. The van der Waals surface area contributed by atoms with Crippen LogP contribution >= 0.6 is 0 Å². The van der Waals surface area contributed by atoms with E-state index < -0.39 is 12.1 Å². The number of benzene rings is 1. The van der Waals surface area contributed by atoms with Crippen molar-refractivity contribution in [1.82, 2.24) is 20.0 Å². The number of ether oxygens (including phenoxy) is 1. The monoisotopic (exact) mass is 294 g/mol. The van der Waals surface area contributed by atoms with Gasteiger partial charge in [0.2, 0.25) is 0 Å². The van der Waals surface area contributed by atoms with Crippen LogP contribution in [0.2, 0.25) is 0 Å². The van der Waals surface area contributed by atoms with E-state index in [2.05, 4.69) is 15.3 Å². The average Bonchev–Trinajstić information content (AvgIpc) is 3.06. The summed E-state index contributed by atoms with van der Waals surface area (Å²) in [5, 5.41) is 8.11. The minimum absolute atomic E-state index is 0.407. The molecule has 0 saturated carbocycles. The van der Waals surface area contributed by atoms with Gasteiger partial charge in [-0.15, -0.1) is 5.10 Å². The van der Waals surface area contributed by atoms with E-state index in [-0.39, 0.29) is 0 Å². The lowest BCUT2D eigenvalue weighted by Crippen LogP contribution is -2.09. The van der Waals surface area contributed by atoms with E-state index in [1.807, 2.05) is 30.3 Å². The third kappa shape index (κ3) is 3.01. The highest BCUT2D eigenvalue weighted by Gasteiger charge is 2.17. The summed E-state index contributed by atoms with van der Waals surface area (Å²) in [6.45, 7) is 1.76. The third-order valence-electron chi connectivity index (χ3n) is 3.13. The third-order valence-corrected chi connectivity index (χ3v) is 3.13. The molecule has 0 N–H and O–H groups in total. The zero-order chi connectivity index (χ0) is 15.4. The molecule has 0 spiro atoms. The average molecular weight is 294 g/mol. The maximum Gasteiger partial charge on any atom is 0.340 e. The molecule has 1 atom stereocenters. The van der Waals surface area contributed by atoms with Crippen LogP contribution in [-0.4, -0.2) is 25.9 Å². The van der Waals surface area contributed by atoms with Crippen molar-refractivity contribution < 1.29 is 9.53 Å². The Labute approximate surface area is 127 Å². The molecule has 2 heterocycles. The van der Waals surface area contributed by atoms with Gasteiger partial charge in [0.15, 0.2) is 0 Å². The van der Waals surface area contributed by atoms with Crippen molar-refractivity contribution in [3.05, 3.63) is 72.3 Å². The molecule has 0 unspecified atom stereocenters.